The van der Waals surface area contributed by atoms with Crippen LogP contribution >= 0.6 is 47.8 Å². The molecular weight excluding hydrogens is 810 g/mol. The van der Waals surface area contributed by atoms with Gasteiger partial charge in [-0.05, 0) is 83.2 Å². The fourth-order valence-corrected chi connectivity index (χ4v) is 5.71. The molecule has 0 aromatic rings. The van der Waals surface area contributed by atoms with Gasteiger partial charge in [-0.2, -0.15) is 11.0 Å². The summed E-state index contributed by atoms with van der Waals surface area (Å²) in [7, 11) is -3.11. The molecule has 0 spiro atoms. The van der Waals surface area contributed by atoms with E-state index in [0.717, 1.165) is 76.6 Å². The molecule has 0 bridgehead atoms. The molecule has 11 nitrogen and oxygen atoms in total. The van der Waals surface area contributed by atoms with Crippen LogP contribution in [-0.2, 0) is 28.9 Å². The number of ether oxygens (including phenoxy) is 2. The first-order chi connectivity index (χ1) is 18.9. The summed E-state index contributed by atoms with van der Waals surface area (Å²) in [6, 6.07) is 0.170. The summed E-state index contributed by atoms with van der Waals surface area (Å²) >= 11 is 10.3. The average molecular weight is 851 g/mol. The van der Waals surface area contributed by atoms with Gasteiger partial charge in [0.1, 0.15) is 15.8 Å². The molecule has 0 aromatic heterocycles. The third-order valence-electron chi connectivity index (χ3n) is 6.05. The van der Waals surface area contributed by atoms with Crippen LogP contribution in [0.1, 0.15) is 87.5 Å². The summed E-state index contributed by atoms with van der Waals surface area (Å²) in [5, 5.41) is 0. The summed E-state index contributed by atoms with van der Waals surface area (Å²) in [4.78, 5) is 36.8. The van der Waals surface area contributed by atoms with E-state index in [0.29, 0.717) is 0 Å². The topological polar surface area (TPSA) is 141 Å². The van der Waals surface area contributed by atoms with Gasteiger partial charge in [-0.15, -0.1) is 0 Å². The second-order valence-electron chi connectivity index (χ2n) is 11.7. The monoisotopic (exact) mass is 848 g/mol. The van der Waals surface area contributed by atoms with E-state index < -0.39 is 22.2 Å². The van der Waals surface area contributed by atoms with Gasteiger partial charge in [-0.25, -0.2) is 14.6 Å². The number of hydrogen-bond acceptors (Lipinski definition) is 10. The number of hydrogen-bond donors (Lipinski definition) is 0. The van der Waals surface area contributed by atoms with E-state index in [9.17, 15) is 9.59 Å². The maximum Gasteiger partial charge on any atom is 1.00 e. The number of aliphatic imine (C=N–C) groups is 2. The Kier molecular flexibility index (Phi) is 22.3. The van der Waals surface area contributed by atoms with Gasteiger partial charge in [0.25, 0.3) is 0 Å². The van der Waals surface area contributed by atoms with Gasteiger partial charge >= 0.3 is 71.3 Å². The summed E-state index contributed by atoms with van der Waals surface area (Å²) < 4.78 is 39.2. The molecule has 4 rings (SSSR count). The van der Waals surface area contributed by atoms with E-state index in [1.54, 1.807) is 4.90 Å². The second-order valence-corrected chi connectivity index (χ2v) is 14.9. The number of allylic oxidation sites excluding steroid dienone is 2. The molecule has 0 radical (unpaired) electrons. The summed E-state index contributed by atoms with van der Waals surface area (Å²) in [6.45, 7) is 12.8. The van der Waals surface area contributed by atoms with Crippen molar-refractivity contribution in [2.75, 3.05) is 13.1 Å². The van der Waals surface area contributed by atoms with Crippen molar-refractivity contribution < 1.29 is 91.1 Å². The zero-order chi connectivity index (χ0) is 31.1. The zero-order valence-corrected chi connectivity index (χ0v) is 35.7. The number of likely N-dealkylation sites (tertiary alicyclic amines) is 2. The third-order valence-corrected chi connectivity index (χ3v) is 8.38. The Morgan fingerprint density at radius 1 is 0.864 bits per heavy atom. The van der Waals surface area contributed by atoms with Crippen molar-refractivity contribution in [2.24, 2.45) is 9.98 Å². The summed E-state index contributed by atoms with van der Waals surface area (Å²) in [5.74, 6) is 0. The van der Waals surface area contributed by atoms with Gasteiger partial charge in [0, 0.05) is 52.5 Å². The zero-order valence-electron chi connectivity index (χ0n) is 26.1. The molecule has 17 heteroatoms. The van der Waals surface area contributed by atoms with Crippen LogP contribution in [0.4, 0.5) is 9.59 Å². The quantitative estimate of drug-likeness (QED) is 0.136. The maximum absolute atomic E-state index is 12.2. The second kappa shape index (κ2) is 20.9. The Morgan fingerprint density at radius 3 is 1.59 bits per heavy atom. The van der Waals surface area contributed by atoms with E-state index in [1.807, 2.05) is 52.6 Å². The minimum Gasteiger partial charge on any atom is -0.917 e. The maximum atomic E-state index is 12.2. The predicted molar refractivity (Wildman–Crippen MR) is 174 cm³/mol. The molecule has 0 saturated carbocycles. The molecule has 0 unspecified atom stereocenters. The number of carbonyl (C=O) groups is 2. The van der Waals surface area contributed by atoms with Crippen LogP contribution in [0.3, 0.4) is 0 Å². The smallest absolute Gasteiger partial charge is 0.917 e. The number of amides is 2. The Hall–Kier alpha value is 0.710. The molecule has 0 aromatic carbocycles. The van der Waals surface area contributed by atoms with E-state index in [1.165, 1.54) is 0 Å². The van der Waals surface area contributed by atoms with E-state index in [-0.39, 0.29) is 90.8 Å². The van der Waals surface area contributed by atoms with Gasteiger partial charge < -0.3 is 22.4 Å². The van der Waals surface area contributed by atoms with Crippen molar-refractivity contribution in [3.63, 3.8) is 0 Å². The van der Waals surface area contributed by atoms with Gasteiger partial charge in [-0.3, -0.25) is 14.8 Å². The Labute approximate surface area is 333 Å². The fraction of sp³-hybridized carbons (Fsp3) is 0.704. The molecule has 0 aliphatic carbocycles. The van der Waals surface area contributed by atoms with Crippen LogP contribution in [0, 0.1) is 0 Å². The van der Waals surface area contributed by atoms with E-state index in [2.05, 4.69) is 57.8 Å². The largest absolute Gasteiger partial charge is 1.00 e. The number of halogens is 3. The molecule has 2 amide bonds. The third kappa shape index (κ3) is 16.2. The number of nitrogens with zero attached hydrogens (tertiary/aromatic N) is 4. The van der Waals surface area contributed by atoms with Crippen molar-refractivity contribution in [3.8, 4) is 0 Å². The number of carbonyl (C=O) groups excluding carboxylic acids is 2. The molecule has 4 aliphatic heterocycles. The molecule has 4 aliphatic rings. The van der Waals surface area contributed by atoms with Crippen LogP contribution in [0.5, 0.6) is 0 Å². The predicted octanol–water partition coefficient (Wildman–Crippen LogP) is 1.73. The van der Waals surface area contributed by atoms with Gasteiger partial charge in [-0.1, -0.05) is 39.3 Å². The van der Waals surface area contributed by atoms with Gasteiger partial charge in [0.05, 0.1) is 12.1 Å². The fourth-order valence-electron chi connectivity index (χ4n) is 4.58. The normalized spacial score (nSPS) is 20.9. The van der Waals surface area contributed by atoms with Crippen molar-refractivity contribution in [1.29, 1.82) is 0 Å². The van der Waals surface area contributed by atoms with Crippen molar-refractivity contribution in [1.82, 2.24) is 9.80 Å². The van der Waals surface area contributed by atoms with E-state index in [4.69, 9.17) is 22.4 Å². The molecule has 240 valence electrons. The minimum absolute atomic E-state index is 0. The molecule has 4 heterocycles. The molecule has 0 N–H and O–H groups in total. The standard InChI is InChI=1S/C13H18Br2N2O2.C13H19BrN2O2.CH4.2Na.O3S/c1-13(2,3)19-12(18)17-6-4-5-10(17)9-7-8(14)11(15)16-9;1-13(2,3)18-12(17)16-6-4-5-11(16)10-7-9(14)8-15-10;;;;1-4(2)3/h10H,4-7H2,1-3H3;8,11H,4-7H2,1-3H3;1H4;;;/q;;;2*+1;-2/t10-;11-;;;;/m00..../s1. The first kappa shape index (κ1) is 46.8. The first-order valence-corrected chi connectivity index (χ1v) is 16.5. The van der Waals surface area contributed by atoms with Crippen molar-refractivity contribution >= 4 is 82.4 Å². The van der Waals surface area contributed by atoms with Gasteiger partial charge in [0.15, 0.2) is 0 Å². The molecule has 2 fully saturated rings. The Morgan fingerprint density at radius 2 is 1.27 bits per heavy atom. The van der Waals surface area contributed by atoms with Crippen molar-refractivity contribution in [2.45, 2.75) is 111 Å². The van der Waals surface area contributed by atoms with Crippen LogP contribution < -0.4 is 59.1 Å². The van der Waals surface area contributed by atoms with Crippen LogP contribution in [0.2, 0.25) is 0 Å². The molecular formula is C27H41Br3N4Na2O7S. The van der Waals surface area contributed by atoms with Crippen LogP contribution in [0.15, 0.2) is 29.8 Å². The Balaban J connectivity index is 0. The Bertz CT molecular complexity index is 1190. The molecule has 44 heavy (non-hydrogen) atoms. The molecule has 2 saturated heterocycles. The SMILES string of the molecule is C.CC(C)(C)OC(=O)N1CCC[C@H]1C1=NC(Br)=C(Br)C1.CC(C)(C)OC(=O)N1CCC[C@H]1C1=NC=C(Br)C1.O=[S-](=O)[O-].[Na+].[Na+]. The van der Waals surface area contributed by atoms with Crippen molar-refractivity contribution in [3.05, 3.63) is 19.8 Å². The number of rotatable bonds is 2. The minimum atomic E-state index is -3.11. The summed E-state index contributed by atoms with van der Waals surface area (Å²) in [6.07, 6.45) is 6.88. The van der Waals surface area contributed by atoms with Crippen LogP contribution in [0.25, 0.3) is 0 Å². The first-order valence-electron chi connectivity index (χ1n) is 13.2. The van der Waals surface area contributed by atoms with Crippen LogP contribution in [-0.4, -0.2) is 74.3 Å². The van der Waals surface area contributed by atoms with Gasteiger partial charge in [0.2, 0.25) is 0 Å². The molecule has 2 atom stereocenters. The van der Waals surface area contributed by atoms with E-state index >= 15 is 0 Å². The summed E-state index contributed by atoms with van der Waals surface area (Å²) in [5.41, 5.74) is 1.19. The average Bonchev–Trinajstić information content (AvgIpc) is 3.58.